The summed E-state index contributed by atoms with van der Waals surface area (Å²) >= 11 is 0. The molecule has 0 aromatic carbocycles. The van der Waals surface area contributed by atoms with Crippen LogP contribution in [0.15, 0.2) is 0 Å². The zero-order valence-electron chi connectivity index (χ0n) is 66.7. The van der Waals surface area contributed by atoms with Gasteiger partial charge in [-0.15, -0.1) is 0 Å². The fraction of sp³-hybridized carbons (Fsp3) is 0.952. The van der Waals surface area contributed by atoms with Crippen molar-refractivity contribution in [3.05, 3.63) is 0 Å². The number of carboxylic acids is 1. The van der Waals surface area contributed by atoms with Crippen LogP contribution in [-0.4, -0.2) is 193 Å². The van der Waals surface area contributed by atoms with E-state index >= 15 is 0 Å². The molecule has 10 aliphatic carbocycles. The highest BCUT2D eigenvalue weighted by Crippen LogP contribution is 2.91. The smallest absolute Gasteiger partial charge is 0.410 e. The Morgan fingerprint density at radius 3 is 1.29 bits per heavy atom. The average Bonchev–Trinajstić information content (AvgIpc) is 1.46. The number of morpholine rings is 2. The first-order valence-corrected chi connectivity index (χ1v) is 41.8. The first-order chi connectivity index (χ1) is 48.5. The summed E-state index contributed by atoms with van der Waals surface area (Å²) < 4.78 is 52.1. The quantitative estimate of drug-likeness (QED) is 0.143. The van der Waals surface area contributed by atoms with E-state index in [1.165, 1.54) is 57.8 Å². The van der Waals surface area contributed by atoms with Crippen LogP contribution in [0, 0.1) is 125 Å². The molecular weight excluding hydrogens is 1300 g/mol. The van der Waals surface area contributed by atoms with Crippen LogP contribution in [0.5, 0.6) is 0 Å². The van der Waals surface area contributed by atoms with E-state index in [1.807, 2.05) is 18.7 Å². The van der Waals surface area contributed by atoms with E-state index < -0.39 is 18.2 Å². The van der Waals surface area contributed by atoms with Gasteiger partial charge in [-0.3, -0.25) is 9.59 Å². The molecule has 103 heavy (non-hydrogen) atoms. The van der Waals surface area contributed by atoms with E-state index in [0.717, 1.165) is 104 Å². The van der Waals surface area contributed by atoms with Crippen molar-refractivity contribution < 1.29 is 72.4 Å². The minimum atomic E-state index is -0.741. The maximum absolute atomic E-state index is 13.0. The second kappa shape index (κ2) is 27.3. The van der Waals surface area contributed by atoms with Crippen molar-refractivity contribution >= 4 is 24.1 Å². The molecule has 4 spiro atoms. The number of carbonyl (C=O) groups excluding carboxylic acids is 3. The van der Waals surface area contributed by atoms with Crippen LogP contribution in [0.2, 0.25) is 0 Å². The Labute approximate surface area is 618 Å². The van der Waals surface area contributed by atoms with E-state index in [1.54, 1.807) is 23.6 Å². The van der Waals surface area contributed by atoms with Gasteiger partial charge < -0.3 is 73.2 Å². The van der Waals surface area contributed by atoms with E-state index in [4.69, 9.17) is 43.0 Å². The summed E-state index contributed by atoms with van der Waals surface area (Å²) in [5, 5.41) is 36.8. The molecule has 16 aliphatic rings. The molecule has 6 aliphatic heterocycles. The van der Waals surface area contributed by atoms with Crippen LogP contribution in [0.4, 0.5) is 9.59 Å². The van der Waals surface area contributed by atoms with Crippen molar-refractivity contribution in [1.82, 2.24) is 20.0 Å². The van der Waals surface area contributed by atoms with Crippen LogP contribution in [0.25, 0.3) is 0 Å². The van der Waals surface area contributed by atoms with Crippen LogP contribution in [0.3, 0.4) is 0 Å². The van der Waals surface area contributed by atoms with Gasteiger partial charge in [-0.2, -0.15) is 0 Å². The molecule has 0 aromatic rings. The largest absolute Gasteiger partial charge is 0.481 e. The lowest BCUT2D eigenvalue weighted by Gasteiger charge is -2.64. The third-order valence-electron chi connectivity index (χ3n) is 34.1. The number of rotatable bonds is 12. The van der Waals surface area contributed by atoms with Crippen molar-refractivity contribution in [2.45, 2.75) is 314 Å². The summed E-state index contributed by atoms with van der Waals surface area (Å²) in [4.78, 5) is 53.9. The maximum atomic E-state index is 13.0. The second-order valence-electron chi connectivity index (χ2n) is 40.5. The molecule has 0 aromatic heterocycles. The van der Waals surface area contributed by atoms with Crippen LogP contribution >= 0.6 is 0 Å². The van der Waals surface area contributed by atoms with Crippen molar-refractivity contribution in [2.24, 2.45) is 125 Å². The number of amides is 3. The molecule has 0 bridgehead atoms. The molecule has 6 saturated heterocycles. The van der Waals surface area contributed by atoms with Gasteiger partial charge in [-0.25, -0.2) is 9.59 Å². The lowest BCUT2D eigenvalue weighted by Crippen LogP contribution is -2.60. The van der Waals surface area contributed by atoms with Gasteiger partial charge in [0.1, 0.15) is 12.2 Å². The van der Waals surface area contributed by atoms with Crippen LogP contribution < -0.4 is 5.32 Å². The van der Waals surface area contributed by atoms with E-state index in [-0.39, 0.29) is 147 Å². The zero-order chi connectivity index (χ0) is 74.1. The number of fused-ring (bicyclic) bond motifs is 8. The highest BCUT2D eigenvalue weighted by molar-refractivity contribution is 5.78. The third-order valence-corrected chi connectivity index (χ3v) is 34.1. The van der Waals surface area contributed by atoms with Gasteiger partial charge in [0.15, 0.2) is 12.6 Å². The Morgan fingerprint density at radius 2 is 0.913 bits per heavy atom. The fourth-order valence-corrected chi connectivity index (χ4v) is 28.5. The Balaban J connectivity index is 0.000000162. The van der Waals surface area contributed by atoms with Gasteiger partial charge in [-0.05, 0) is 218 Å². The molecule has 28 atom stereocenters. The summed E-state index contributed by atoms with van der Waals surface area (Å²) in [5.74, 6) is 3.03. The monoisotopic (exact) mass is 1440 g/mol. The molecule has 10 saturated carbocycles. The summed E-state index contributed by atoms with van der Waals surface area (Å²) in [7, 11) is 0. The molecule has 0 radical (unpaired) electrons. The van der Waals surface area contributed by atoms with E-state index in [9.17, 15) is 29.4 Å². The standard InChI is InChI=1S/C42H68N2O7.C38H62N2O6.C4H8O2/c1-24(2)33(51-37(47)43-17-10-18-43)27-21-26(5)32-34(49-27)35(45)40(9)29-12-11-28-38(6,7)30(50-31-22-44(19-20-48-31)36(46)25(3)4)13-14-41(28)23-42(29,41)16-15-39(32,40)8;1-22(2)30(46-33(42)40-16-8-17-40)24-19-23(3)29-31(44-24)32(41)36(7)26-10-9-25-34(4,5)27(45-28-20-39-15-18-43-28)11-12-37(25)21-38(26,37)14-13-35(29,36)6;1-3(2)4(5)6/h24-35,45H,10-23H2,1-9H3;22-32,39,41H,8-21H2,1-7H3;3H,1-2H3,(H,5,6)/t26-,27-,28+,29+,30?,31+,32+,33-,34+,35+,39-,40-,41-,42?;23-,24-,25+,26+,27?,28+,29+,30-,31+,32+,35-,36-,37-,38?;/m11./s1. The SMILES string of the molecule is CC(C)C(=O)N1CCO[C@@H](OC2CC[C@]34CC35CC[C@]3(C)[C@@H]6[C@H](O[C@@H]([C@H](OC(=O)N7CCC7)C(C)C)C[C@H]6C)[C@H](O)[C@@]3(C)[C@@H]5CC[C@H]4C2(C)C)C1.CC(C)C(=O)O.CC(C)[C@@H](OC(=O)N1CCC1)[C@H]1C[C@@H](C)[C@H]2[C@H](O1)[C@H](O)[C@@]1(C)[C@@H]3CC[C@H]4C(C)(C)C(O[C@H]5CNCCO5)CC[C@@]45CC35CC[C@]21C. The number of hydrogen-bond acceptors (Lipinski definition) is 15. The number of aliphatic hydroxyl groups excluding tert-OH is 2. The van der Waals surface area contributed by atoms with Gasteiger partial charge in [0.2, 0.25) is 5.91 Å². The number of nitrogens with one attached hydrogen (secondary N) is 1. The van der Waals surface area contributed by atoms with Gasteiger partial charge >= 0.3 is 18.2 Å². The summed E-state index contributed by atoms with van der Waals surface area (Å²) in [6.07, 6.45) is 17.4. The topological polar surface area (TPSA) is 225 Å². The lowest BCUT2D eigenvalue weighted by atomic mass is 9.41. The van der Waals surface area contributed by atoms with Crippen molar-refractivity contribution in [1.29, 1.82) is 0 Å². The maximum Gasteiger partial charge on any atom is 0.410 e. The number of nitrogens with zero attached hydrogens (tertiary/aromatic N) is 3. The molecule has 4 N–H and O–H groups in total. The number of likely N-dealkylation sites (tertiary alicyclic amines) is 2. The molecule has 19 nitrogen and oxygen atoms in total. The van der Waals surface area contributed by atoms with Crippen molar-refractivity contribution in [3.8, 4) is 0 Å². The number of carbonyl (C=O) groups is 4. The molecule has 4 unspecified atom stereocenters. The first kappa shape index (κ1) is 76.9. The summed E-state index contributed by atoms with van der Waals surface area (Å²) in [6, 6.07) is 0. The Hall–Kier alpha value is -2.88. The average molecular weight is 1440 g/mol. The third kappa shape index (κ3) is 11.7. The van der Waals surface area contributed by atoms with E-state index in [0.29, 0.717) is 77.4 Å². The van der Waals surface area contributed by atoms with Crippen LogP contribution in [0.1, 0.15) is 240 Å². The normalized spacial score (nSPS) is 48.3. The summed E-state index contributed by atoms with van der Waals surface area (Å²) in [5.41, 5.74) is 0.922. The minimum Gasteiger partial charge on any atom is -0.481 e. The molecule has 16 rings (SSSR count). The Kier molecular flexibility index (Phi) is 20.3. The number of aliphatic hydroxyl groups is 2. The van der Waals surface area contributed by atoms with E-state index in [2.05, 4.69) is 102 Å². The van der Waals surface area contributed by atoms with Crippen molar-refractivity contribution in [2.75, 3.05) is 65.6 Å². The lowest BCUT2D eigenvalue weighted by molar-refractivity contribution is -0.248. The Bertz CT molecular complexity index is 3130. The molecule has 16 fully saturated rings. The minimum absolute atomic E-state index is 0.00541. The predicted octanol–water partition coefficient (Wildman–Crippen LogP) is 13.6. The number of aliphatic carboxylic acids is 1. The molecular formula is C84H138N4O15. The predicted molar refractivity (Wildman–Crippen MR) is 391 cm³/mol. The first-order valence-electron chi connectivity index (χ1n) is 41.8. The highest BCUT2D eigenvalue weighted by Gasteiger charge is 2.87. The van der Waals surface area contributed by atoms with Gasteiger partial charge in [0, 0.05) is 62.6 Å². The molecule has 6 heterocycles. The Morgan fingerprint density at radius 1 is 0.505 bits per heavy atom. The zero-order valence-corrected chi connectivity index (χ0v) is 66.7. The van der Waals surface area contributed by atoms with Gasteiger partial charge in [0.05, 0.1) is 74.5 Å². The fourth-order valence-electron chi connectivity index (χ4n) is 28.5. The number of ether oxygens (including phenoxy) is 8. The van der Waals surface area contributed by atoms with Crippen molar-refractivity contribution in [3.63, 3.8) is 0 Å². The van der Waals surface area contributed by atoms with Gasteiger partial charge in [-0.1, -0.05) is 125 Å². The molecule has 584 valence electrons. The molecule has 19 heteroatoms. The van der Waals surface area contributed by atoms with Crippen LogP contribution in [-0.2, 0) is 47.5 Å². The highest BCUT2D eigenvalue weighted by atomic mass is 16.7. The second-order valence-corrected chi connectivity index (χ2v) is 40.5. The van der Waals surface area contributed by atoms with Gasteiger partial charge in [0.25, 0.3) is 0 Å². The molecule has 3 amide bonds. The number of hydrogen-bond donors (Lipinski definition) is 4. The number of carboxylic acid groups (broad SMARTS) is 1. The summed E-state index contributed by atoms with van der Waals surface area (Å²) in [6.45, 7) is 47.5.